The van der Waals surface area contributed by atoms with E-state index in [0.717, 1.165) is 24.2 Å². The predicted molar refractivity (Wildman–Crippen MR) is 57.9 cm³/mol. The van der Waals surface area contributed by atoms with Crippen molar-refractivity contribution in [3.8, 4) is 11.8 Å². The summed E-state index contributed by atoms with van der Waals surface area (Å²) >= 11 is 0. The Morgan fingerprint density at radius 1 is 1.25 bits per heavy atom. The van der Waals surface area contributed by atoms with E-state index in [1.165, 1.54) is 0 Å². The minimum atomic E-state index is -0.354. The highest BCUT2D eigenvalue weighted by atomic mass is 15.4. The normalized spacial score (nSPS) is 16.7. The molecule has 0 amide bonds. The van der Waals surface area contributed by atoms with Crippen LogP contribution < -0.4 is 0 Å². The van der Waals surface area contributed by atoms with Gasteiger partial charge in [-0.25, -0.2) is 4.68 Å². The highest BCUT2D eigenvalue weighted by Crippen LogP contribution is 2.46. The van der Waals surface area contributed by atoms with Crippen molar-refractivity contribution in [2.24, 2.45) is 0 Å². The Morgan fingerprint density at radius 2 is 2.00 bits per heavy atom. The predicted octanol–water partition coefficient (Wildman–Crippen LogP) is 1.82. The molecule has 1 aliphatic rings. The van der Waals surface area contributed by atoms with Crippen LogP contribution in [0.25, 0.3) is 5.69 Å². The van der Waals surface area contributed by atoms with Gasteiger partial charge in [0.2, 0.25) is 0 Å². The van der Waals surface area contributed by atoms with Crippen LogP contribution in [0.3, 0.4) is 0 Å². The highest BCUT2D eigenvalue weighted by Gasteiger charge is 2.47. The first-order valence-corrected chi connectivity index (χ1v) is 5.24. The molecule has 1 aromatic heterocycles. The summed E-state index contributed by atoms with van der Waals surface area (Å²) in [6.07, 6.45) is 3.65. The first-order valence-electron chi connectivity index (χ1n) is 5.24. The molecule has 1 heterocycles. The molecule has 0 atom stereocenters. The fourth-order valence-electron chi connectivity index (χ4n) is 1.74. The van der Waals surface area contributed by atoms with Crippen molar-refractivity contribution in [1.29, 1.82) is 5.26 Å². The maximum Gasteiger partial charge on any atom is 0.103 e. The Labute approximate surface area is 93.1 Å². The summed E-state index contributed by atoms with van der Waals surface area (Å²) < 4.78 is 1.72. The first-order chi connectivity index (χ1) is 7.84. The van der Waals surface area contributed by atoms with Gasteiger partial charge in [-0.2, -0.15) is 5.26 Å². The van der Waals surface area contributed by atoms with Crippen LogP contribution in [-0.4, -0.2) is 15.0 Å². The Morgan fingerprint density at radius 3 is 2.62 bits per heavy atom. The van der Waals surface area contributed by atoms with Crippen molar-refractivity contribution in [3.05, 3.63) is 42.2 Å². The molecule has 1 fully saturated rings. The average molecular weight is 210 g/mol. The van der Waals surface area contributed by atoms with Gasteiger partial charge in [0.25, 0.3) is 0 Å². The Balaban J connectivity index is 1.98. The van der Waals surface area contributed by atoms with E-state index in [2.05, 4.69) is 16.4 Å². The lowest BCUT2D eigenvalue weighted by Crippen LogP contribution is -2.02. The van der Waals surface area contributed by atoms with E-state index in [0.29, 0.717) is 0 Å². The molecule has 3 rings (SSSR count). The van der Waals surface area contributed by atoms with E-state index >= 15 is 0 Å². The van der Waals surface area contributed by atoms with Gasteiger partial charge < -0.3 is 0 Å². The van der Waals surface area contributed by atoms with Crippen molar-refractivity contribution < 1.29 is 0 Å². The molecule has 1 aromatic carbocycles. The third-order valence-corrected chi connectivity index (χ3v) is 2.97. The molecule has 78 valence electrons. The first kappa shape index (κ1) is 9.10. The van der Waals surface area contributed by atoms with Crippen molar-refractivity contribution in [2.45, 2.75) is 18.3 Å². The zero-order valence-corrected chi connectivity index (χ0v) is 8.67. The summed E-state index contributed by atoms with van der Waals surface area (Å²) in [5.74, 6) is 0. The van der Waals surface area contributed by atoms with Crippen molar-refractivity contribution in [2.75, 3.05) is 0 Å². The molecule has 0 N–H and O–H groups in total. The number of hydrogen-bond donors (Lipinski definition) is 0. The summed E-state index contributed by atoms with van der Waals surface area (Å²) in [6, 6.07) is 12.1. The fourth-order valence-corrected chi connectivity index (χ4v) is 1.74. The van der Waals surface area contributed by atoms with Crippen LogP contribution in [-0.2, 0) is 5.41 Å². The van der Waals surface area contributed by atoms with Crippen LogP contribution in [0.2, 0.25) is 0 Å². The van der Waals surface area contributed by atoms with Gasteiger partial charge in [0.1, 0.15) is 11.1 Å². The van der Waals surface area contributed by atoms with Crippen LogP contribution in [0.5, 0.6) is 0 Å². The average Bonchev–Trinajstić information content (AvgIpc) is 3.00. The fraction of sp³-hybridized carbons (Fsp3) is 0.250. The largest absolute Gasteiger partial charge is 0.220 e. The number of para-hydroxylation sites is 1. The molecule has 1 aliphatic carbocycles. The molecule has 16 heavy (non-hydrogen) atoms. The monoisotopic (exact) mass is 210 g/mol. The van der Waals surface area contributed by atoms with Crippen LogP contribution in [0, 0.1) is 11.3 Å². The molecular formula is C12H10N4. The summed E-state index contributed by atoms with van der Waals surface area (Å²) in [5, 5.41) is 17.2. The summed E-state index contributed by atoms with van der Waals surface area (Å²) in [6.45, 7) is 0. The number of nitrogens with zero attached hydrogens (tertiary/aromatic N) is 4. The maximum atomic E-state index is 9.06. The summed E-state index contributed by atoms with van der Waals surface area (Å²) in [4.78, 5) is 0. The lowest BCUT2D eigenvalue weighted by molar-refractivity contribution is 0.783. The Hall–Kier alpha value is -2.15. The second kappa shape index (κ2) is 3.17. The minimum Gasteiger partial charge on any atom is -0.220 e. The number of hydrogen-bond acceptors (Lipinski definition) is 3. The Kier molecular flexibility index (Phi) is 1.80. The molecule has 0 bridgehead atoms. The zero-order valence-electron chi connectivity index (χ0n) is 8.67. The van der Waals surface area contributed by atoms with Crippen molar-refractivity contribution in [3.63, 3.8) is 0 Å². The second-order valence-corrected chi connectivity index (χ2v) is 4.08. The van der Waals surface area contributed by atoms with Gasteiger partial charge in [0, 0.05) is 0 Å². The molecule has 4 heteroatoms. The van der Waals surface area contributed by atoms with Gasteiger partial charge in [-0.05, 0) is 25.0 Å². The van der Waals surface area contributed by atoms with E-state index in [9.17, 15) is 0 Å². The van der Waals surface area contributed by atoms with E-state index in [4.69, 9.17) is 5.26 Å². The number of nitriles is 1. The quantitative estimate of drug-likeness (QED) is 0.759. The maximum absolute atomic E-state index is 9.06. The standard InChI is InChI=1S/C12H10N4/c13-9-12(6-7-12)11-8-16(15-14-11)10-4-2-1-3-5-10/h1-5,8H,6-7H2. The minimum absolute atomic E-state index is 0.354. The van der Waals surface area contributed by atoms with E-state index in [-0.39, 0.29) is 5.41 Å². The number of benzene rings is 1. The van der Waals surface area contributed by atoms with Crippen LogP contribution in [0.4, 0.5) is 0 Å². The number of aromatic nitrogens is 3. The molecule has 0 radical (unpaired) electrons. The van der Waals surface area contributed by atoms with Gasteiger partial charge in [0.15, 0.2) is 0 Å². The lowest BCUT2D eigenvalue weighted by atomic mass is 10.1. The van der Waals surface area contributed by atoms with E-state index in [1.807, 2.05) is 36.5 Å². The van der Waals surface area contributed by atoms with Gasteiger partial charge in [-0.1, -0.05) is 23.4 Å². The van der Waals surface area contributed by atoms with E-state index in [1.54, 1.807) is 4.68 Å². The third kappa shape index (κ3) is 1.29. The molecule has 4 nitrogen and oxygen atoms in total. The molecule has 0 unspecified atom stereocenters. The molecular weight excluding hydrogens is 200 g/mol. The van der Waals surface area contributed by atoms with Gasteiger partial charge >= 0.3 is 0 Å². The van der Waals surface area contributed by atoms with Crippen LogP contribution in [0.15, 0.2) is 36.5 Å². The van der Waals surface area contributed by atoms with E-state index < -0.39 is 0 Å². The summed E-state index contributed by atoms with van der Waals surface area (Å²) in [5.41, 5.74) is 1.40. The van der Waals surface area contributed by atoms with Gasteiger partial charge in [0.05, 0.1) is 18.0 Å². The second-order valence-electron chi connectivity index (χ2n) is 4.08. The molecule has 2 aromatic rings. The topological polar surface area (TPSA) is 54.5 Å². The van der Waals surface area contributed by atoms with Crippen molar-refractivity contribution >= 4 is 0 Å². The smallest absolute Gasteiger partial charge is 0.103 e. The molecule has 0 spiro atoms. The van der Waals surface area contributed by atoms with Crippen LogP contribution >= 0.6 is 0 Å². The van der Waals surface area contributed by atoms with Gasteiger partial charge in [-0.3, -0.25) is 0 Å². The third-order valence-electron chi connectivity index (χ3n) is 2.97. The van der Waals surface area contributed by atoms with Gasteiger partial charge in [-0.15, -0.1) is 5.10 Å². The SMILES string of the molecule is N#CC1(c2cn(-c3ccccc3)nn2)CC1. The number of rotatable bonds is 2. The molecule has 0 aliphatic heterocycles. The Bertz CT molecular complexity index is 546. The molecule has 1 saturated carbocycles. The zero-order chi connectivity index (χ0) is 11.0. The molecule has 0 saturated heterocycles. The van der Waals surface area contributed by atoms with Crippen LogP contribution in [0.1, 0.15) is 18.5 Å². The van der Waals surface area contributed by atoms with Crippen molar-refractivity contribution in [1.82, 2.24) is 15.0 Å². The summed E-state index contributed by atoms with van der Waals surface area (Å²) in [7, 11) is 0. The highest BCUT2D eigenvalue weighted by molar-refractivity contribution is 5.35. The lowest BCUT2D eigenvalue weighted by Gasteiger charge is -1.98.